The molecule has 0 radical (unpaired) electrons. The summed E-state index contributed by atoms with van der Waals surface area (Å²) >= 11 is 0. The molecule has 9 atom stereocenters. The van der Waals surface area contributed by atoms with Gasteiger partial charge in [0.1, 0.15) is 29.2 Å². The highest BCUT2D eigenvalue weighted by atomic mass is 16.6. The van der Waals surface area contributed by atoms with Crippen molar-refractivity contribution in [1.82, 2.24) is 0 Å². The Hall–Kier alpha value is -2.59. The number of aliphatic hydroxyl groups excluding tert-OH is 1. The van der Waals surface area contributed by atoms with Crippen LogP contribution in [0.3, 0.4) is 0 Å². The molecule has 0 aromatic heterocycles. The molecule has 2 saturated carbocycles. The number of aliphatic hydroxyl groups is 3. The zero-order valence-corrected chi connectivity index (χ0v) is 27.3. The van der Waals surface area contributed by atoms with Crippen molar-refractivity contribution in [3.63, 3.8) is 0 Å². The molecule has 1 saturated heterocycles. The minimum atomic E-state index is -1.91. The van der Waals surface area contributed by atoms with E-state index in [4.69, 9.17) is 14.2 Å². The van der Waals surface area contributed by atoms with Crippen LogP contribution in [0.4, 0.5) is 0 Å². The van der Waals surface area contributed by atoms with Crippen molar-refractivity contribution in [3.05, 3.63) is 47.0 Å². The molecule has 3 aliphatic carbocycles. The Morgan fingerprint density at radius 3 is 2.16 bits per heavy atom. The van der Waals surface area contributed by atoms with E-state index in [0.29, 0.717) is 17.6 Å². The van der Waals surface area contributed by atoms with Gasteiger partial charge in [-0.2, -0.15) is 0 Å². The van der Waals surface area contributed by atoms with Crippen molar-refractivity contribution in [2.75, 3.05) is 6.61 Å². The molecular weight excluding hydrogens is 564 g/mol. The van der Waals surface area contributed by atoms with E-state index in [9.17, 15) is 29.7 Å². The molecule has 0 spiro atoms. The van der Waals surface area contributed by atoms with Gasteiger partial charge in [-0.15, -0.1) is 0 Å². The topological polar surface area (TPSA) is 140 Å². The number of hydrogen-bond acceptors (Lipinski definition) is 9. The Labute approximate surface area is 260 Å². The SMILES string of the molecule is CC1=C2[C@@H](C)C(=O)[C@@]3(C)C(C(OC(=O)c4ccccc4)C(O)(CC1OC(=O)C(O)C(C)C)C2(C)C)C1(O)COC1CC3(C)C. The first-order chi connectivity index (χ1) is 20.3. The summed E-state index contributed by atoms with van der Waals surface area (Å²) in [7, 11) is 0. The number of rotatable bonds is 5. The molecule has 7 unspecified atom stereocenters. The standard InChI is InChI=1S/C35H48O9/c1-18(2)25(36)30(39)43-22-15-35(41)28(44-29(38)21-13-11-10-12-14-21)26-33(9,31(5,6)16-23-34(26,40)17-42-23)27(37)20(4)24(19(22)3)32(35,7)8/h10-14,18,20,22-23,25-26,28,36,40-41H,15-17H2,1-9H3/t20-,22?,23?,25?,26?,28?,33-,34?,35?/m1/s1. The van der Waals surface area contributed by atoms with E-state index >= 15 is 0 Å². The second-order valence-electron chi connectivity index (χ2n) is 15.3. The van der Waals surface area contributed by atoms with Crippen molar-refractivity contribution in [2.45, 2.75) is 111 Å². The van der Waals surface area contributed by atoms with Crippen LogP contribution in [0.15, 0.2) is 41.5 Å². The Morgan fingerprint density at radius 1 is 1.00 bits per heavy atom. The molecule has 3 N–H and O–H groups in total. The molecule has 1 aromatic rings. The number of ketones is 1. The van der Waals surface area contributed by atoms with Crippen LogP contribution in [-0.2, 0) is 23.8 Å². The summed E-state index contributed by atoms with van der Waals surface area (Å²) in [5.74, 6) is -3.88. The highest BCUT2D eigenvalue weighted by Gasteiger charge is 2.77. The molecule has 2 bridgehead atoms. The lowest BCUT2D eigenvalue weighted by molar-refractivity contribution is -0.348. The zero-order valence-electron chi connectivity index (χ0n) is 27.3. The molecule has 3 fully saturated rings. The molecule has 9 nitrogen and oxygen atoms in total. The average molecular weight is 613 g/mol. The third-order valence-electron chi connectivity index (χ3n) is 12.0. The Morgan fingerprint density at radius 2 is 1.61 bits per heavy atom. The molecular formula is C35H48O9. The smallest absolute Gasteiger partial charge is 0.338 e. The summed E-state index contributed by atoms with van der Waals surface area (Å²) in [4.78, 5) is 41.9. The van der Waals surface area contributed by atoms with Crippen LogP contribution in [0.5, 0.6) is 0 Å². The van der Waals surface area contributed by atoms with Gasteiger partial charge in [0.25, 0.3) is 0 Å². The minimum Gasteiger partial charge on any atom is -0.456 e. The molecule has 1 heterocycles. The Bertz CT molecular complexity index is 1380. The first-order valence-corrected chi connectivity index (χ1v) is 15.7. The number of ether oxygens (including phenoxy) is 3. The maximum Gasteiger partial charge on any atom is 0.338 e. The van der Waals surface area contributed by atoms with Crippen molar-refractivity contribution in [1.29, 1.82) is 0 Å². The van der Waals surface area contributed by atoms with Crippen LogP contribution in [0.1, 0.15) is 85.5 Å². The van der Waals surface area contributed by atoms with Crippen molar-refractivity contribution in [2.24, 2.45) is 34.0 Å². The van der Waals surface area contributed by atoms with Gasteiger partial charge < -0.3 is 29.5 Å². The molecule has 1 aromatic carbocycles. The number of hydrogen-bond donors (Lipinski definition) is 3. The first-order valence-electron chi connectivity index (χ1n) is 15.7. The van der Waals surface area contributed by atoms with Gasteiger partial charge in [-0.25, -0.2) is 9.59 Å². The van der Waals surface area contributed by atoms with Gasteiger partial charge in [-0.1, -0.05) is 73.6 Å². The lowest BCUT2D eigenvalue weighted by atomic mass is 9.39. The summed E-state index contributed by atoms with van der Waals surface area (Å²) in [5, 5.41) is 36.0. The van der Waals surface area contributed by atoms with Crippen LogP contribution < -0.4 is 0 Å². The summed E-state index contributed by atoms with van der Waals surface area (Å²) < 4.78 is 18.1. The first kappa shape index (κ1) is 32.8. The van der Waals surface area contributed by atoms with Crippen molar-refractivity contribution in [3.8, 4) is 0 Å². The fraction of sp³-hybridized carbons (Fsp3) is 0.686. The molecule has 5 rings (SSSR count). The normalized spacial score (nSPS) is 39.7. The van der Waals surface area contributed by atoms with Gasteiger partial charge in [0, 0.05) is 29.1 Å². The molecule has 0 amide bonds. The summed E-state index contributed by atoms with van der Waals surface area (Å²) in [6.07, 6.45) is -4.19. The van der Waals surface area contributed by atoms with E-state index in [-0.39, 0.29) is 24.4 Å². The fourth-order valence-corrected chi connectivity index (χ4v) is 8.88. The van der Waals surface area contributed by atoms with E-state index in [1.807, 2.05) is 34.6 Å². The zero-order chi connectivity index (χ0) is 32.8. The lowest BCUT2D eigenvalue weighted by Gasteiger charge is -2.70. The largest absolute Gasteiger partial charge is 0.456 e. The highest BCUT2D eigenvalue weighted by Crippen LogP contribution is 2.68. The number of carbonyl (C=O) groups excluding carboxylic acids is 3. The number of benzene rings is 1. The number of Topliss-reactive ketones (excluding diaryl/α,β-unsaturated/α-hetero) is 1. The molecule has 9 heteroatoms. The van der Waals surface area contributed by atoms with E-state index in [1.165, 1.54) is 0 Å². The summed E-state index contributed by atoms with van der Waals surface area (Å²) in [6.45, 7) is 16.3. The average Bonchev–Trinajstić information content (AvgIpc) is 2.95. The maximum atomic E-state index is 15.0. The van der Waals surface area contributed by atoms with E-state index in [2.05, 4.69) is 0 Å². The van der Waals surface area contributed by atoms with Gasteiger partial charge in [-0.05, 0) is 48.0 Å². The molecule has 44 heavy (non-hydrogen) atoms. The van der Waals surface area contributed by atoms with E-state index in [1.54, 1.807) is 58.0 Å². The Kier molecular flexibility index (Phi) is 7.81. The molecule has 4 aliphatic rings. The molecule has 242 valence electrons. The van der Waals surface area contributed by atoms with Crippen LogP contribution in [0.2, 0.25) is 0 Å². The second kappa shape index (κ2) is 10.5. The highest BCUT2D eigenvalue weighted by molar-refractivity contribution is 5.92. The third kappa shape index (κ3) is 4.37. The number of esters is 2. The third-order valence-corrected chi connectivity index (χ3v) is 12.0. The van der Waals surface area contributed by atoms with Gasteiger partial charge in [0.2, 0.25) is 0 Å². The quantitative estimate of drug-likeness (QED) is 0.332. The van der Waals surface area contributed by atoms with Crippen LogP contribution in [0, 0.1) is 34.0 Å². The van der Waals surface area contributed by atoms with Crippen LogP contribution in [0.25, 0.3) is 0 Å². The van der Waals surface area contributed by atoms with Crippen LogP contribution in [-0.4, -0.2) is 75.3 Å². The van der Waals surface area contributed by atoms with Gasteiger partial charge in [0.05, 0.1) is 18.3 Å². The number of fused-ring (bicyclic) bond motifs is 5. The predicted molar refractivity (Wildman–Crippen MR) is 161 cm³/mol. The van der Waals surface area contributed by atoms with Gasteiger partial charge in [0.15, 0.2) is 6.10 Å². The minimum absolute atomic E-state index is 0.0771. The van der Waals surface area contributed by atoms with Crippen molar-refractivity contribution >= 4 is 17.7 Å². The van der Waals surface area contributed by atoms with Gasteiger partial charge >= 0.3 is 11.9 Å². The maximum absolute atomic E-state index is 15.0. The van der Waals surface area contributed by atoms with E-state index < -0.39 is 81.6 Å². The predicted octanol–water partition coefficient (Wildman–Crippen LogP) is 4.02. The van der Waals surface area contributed by atoms with Crippen molar-refractivity contribution < 1.29 is 43.9 Å². The number of carbonyl (C=O) groups is 3. The van der Waals surface area contributed by atoms with Gasteiger partial charge in [-0.3, -0.25) is 4.79 Å². The lowest BCUT2D eigenvalue weighted by Crippen LogP contribution is -2.81. The Balaban J connectivity index is 1.77. The summed E-state index contributed by atoms with van der Waals surface area (Å²) in [6, 6.07) is 8.40. The second-order valence-corrected chi connectivity index (χ2v) is 15.3. The monoisotopic (exact) mass is 612 g/mol. The summed E-state index contributed by atoms with van der Waals surface area (Å²) in [5.41, 5.74) is -5.13. The van der Waals surface area contributed by atoms with Crippen LogP contribution >= 0.6 is 0 Å². The van der Waals surface area contributed by atoms with E-state index in [0.717, 1.165) is 0 Å². The molecule has 1 aliphatic heterocycles. The fourth-order valence-electron chi connectivity index (χ4n) is 8.88.